The number of nitrogens with two attached hydrogens (primary N) is 1. The van der Waals surface area contributed by atoms with E-state index in [1.165, 1.54) is 6.07 Å². The second-order valence-corrected chi connectivity index (χ2v) is 5.31. The van der Waals surface area contributed by atoms with Crippen LogP contribution >= 0.6 is 0 Å². The van der Waals surface area contributed by atoms with E-state index in [4.69, 9.17) is 10.5 Å². The zero-order valence-electron chi connectivity index (χ0n) is 11.7. The van der Waals surface area contributed by atoms with Gasteiger partial charge in [0.1, 0.15) is 11.6 Å². The summed E-state index contributed by atoms with van der Waals surface area (Å²) in [5.74, 6) is 0.894. The summed E-state index contributed by atoms with van der Waals surface area (Å²) in [6, 6.07) is 5.36. The van der Waals surface area contributed by atoms with Crippen molar-refractivity contribution in [1.82, 2.24) is 4.90 Å². The zero-order valence-corrected chi connectivity index (χ0v) is 11.7. The summed E-state index contributed by atoms with van der Waals surface area (Å²) >= 11 is 0. The highest BCUT2D eigenvalue weighted by Crippen LogP contribution is 2.22. The highest BCUT2D eigenvalue weighted by atomic mass is 19.1. The van der Waals surface area contributed by atoms with Crippen molar-refractivity contribution in [2.45, 2.75) is 32.4 Å². The molecule has 1 aromatic rings. The molecule has 0 spiro atoms. The first kappa shape index (κ1) is 14.3. The summed E-state index contributed by atoms with van der Waals surface area (Å²) in [6.07, 6.45) is 2.08. The molecular weight excluding hydrogens is 243 g/mol. The molecule has 1 aliphatic rings. The summed E-state index contributed by atoms with van der Waals surface area (Å²) in [7, 11) is 1.55. The third-order valence-electron chi connectivity index (χ3n) is 4.06. The molecule has 3 nitrogen and oxygen atoms in total. The van der Waals surface area contributed by atoms with Crippen molar-refractivity contribution in [2.24, 2.45) is 11.7 Å². The summed E-state index contributed by atoms with van der Waals surface area (Å²) in [5.41, 5.74) is 6.82. The number of hydrogen-bond donors (Lipinski definition) is 1. The quantitative estimate of drug-likeness (QED) is 0.909. The van der Waals surface area contributed by atoms with Crippen molar-refractivity contribution in [3.05, 3.63) is 29.6 Å². The van der Waals surface area contributed by atoms with E-state index in [1.54, 1.807) is 7.11 Å². The highest BCUT2D eigenvalue weighted by molar-refractivity contribution is 5.28. The van der Waals surface area contributed by atoms with E-state index < -0.39 is 0 Å². The summed E-state index contributed by atoms with van der Waals surface area (Å²) in [5, 5.41) is 0. The largest absolute Gasteiger partial charge is 0.497 e. The van der Waals surface area contributed by atoms with Crippen LogP contribution < -0.4 is 10.5 Å². The minimum Gasteiger partial charge on any atom is -0.497 e. The number of methoxy groups -OCH3 is 1. The van der Waals surface area contributed by atoms with Crippen molar-refractivity contribution in [3.8, 4) is 5.75 Å². The number of halogens is 1. The molecule has 0 amide bonds. The maximum absolute atomic E-state index is 13.9. The minimum atomic E-state index is -0.192. The van der Waals surface area contributed by atoms with Crippen molar-refractivity contribution in [3.63, 3.8) is 0 Å². The van der Waals surface area contributed by atoms with E-state index in [0.717, 1.165) is 31.5 Å². The fraction of sp³-hybridized carbons (Fsp3) is 0.600. The third-order valence-corrected chi connectivity index (χ3v) is 4.06. The first-order valence-corrected chi connectivity index (χ1v) is 6.94. The highest BCUT2D eigenvalue weighted by Gasteiger charge is 2.25. The normalized spacial score (nSPS) is 24.4. The topological polar surface area (TPSA) is 38.5 Å². The standard InChI is InChI=1S/C15H23FN2O/c1-3-11-9-18(7-6-15(11)17)10-12-4-5-13(19-2)8-14(12)16/h4-5,8,11,15H,3,6-7,9-10,17H2,1-2H3. The molecule has 1 saturated heterocycles. The van der Waals surface area contributed by atoms with Gasteiger partial charge in [0.25, 0.3) is 0 Å². The Morgan fingerprint density at radius 1 is 1.47 bits per heavy atom. The summed E-state index contributed by atoms with van der Waals surface area (Å²) in [6.45, 7) is 4.73. The molecule has 2 atom stereocenters. The van der Waals surface area contributed by atoms with Gasteiger partial charge in [-0.3, -0.25) is 4.90 Å². The number of rotatable bonds is 4. The van der Waals surface area contributed by atoms with Gasteiger partial charge in [0.2, 0.25) is 0 Å². The third kappa shape index (κ3) is 3.45. The van der Waals surface area contributed by atoms with E-state index in [2.05, 4.69) is 11.8 Å². The van der Waals surface area contributed by atoms with Crippen LogP contribution in [0, 0.1) is 11.7 Å². The number of likely N-dealkylation sites (tertiary alicyclic amines) is 1. The molecule has 2 N–H and O–H groups in total. The number of hydrogen-bond acceptors (Lipinski definition) is 3. The fourth-order valence-corrected chi connectivity index (χ4v) is 2.73. The number of benzene rings is 1. The average Bonchev–Trinajstić information content (AvgIpc) is 2.43. The Bertz CT molecular complexity index is 425. The molecule has 19 heavy (non-hydrogen) atoms. The van der Waals surface area contributed by atoms with Gasteiger partial charge in [-0.2, -0.15) is 0 Å². The van der Waals surface area contributed by atoms with Gasteiger partial charge < -0.3 is 10.5 Å². The Morgan fingerprint density at radius 2 is 2.26 bits per heavy atom. The van der Waals surface area contributed by atoms with Crippen LogP contribution in [-0.2, 0) is 6.54 Å². The molecule has 0 radical (unpaired) electrons. The second kappa shape index (κ2) is 6.35. The lowest BCUT2D eigenvalue weighted by molar-refractivity contribution is 0.144. The Labute approximate surface area is 114 Å². The van der Waals surface area contributed by atoms with Crippen LogP contribution in [0.4, 0.5) is 4.39 Å². The lowest BCUT2D eigenvalue weighted by Crippen LogP contribution is -2.46. The lowest BCUT2D eigenvalue weighted by Gasteiger charge is -2.36. The van der Waals surface area contributed by atoms with E-state index in [9.17, 15) is 4.39 Å². The number of nitrogens with zero attached hydrogens (tertiary/aromatic N) is 1. The molecule has 0 aromatic heterocycles. The van der Waals surface area contributed by atoms with Gasteiger partial charge in [-0.25, -0.2) is 4.39 Å². The van der Waals surface area contributed by atoms with Gasteiger partial charge in [-0.05, 0) is 24.9 Å². The van der Waals surface area contributed by atoms with Gasteiger partial charge in [-0.15, -0.1) is 0 Å². The average molecular weight is 266 g/mol. The molecule has 106 valence electrons. The van der Waals surface area contributed by atoms with Gasteiger partial charge in [0.15, 0.2) is 0 Å². The van der Waals surface area contributed by atoms with Crippen LogP contribution in [0.2, 0.25) is 0 Å². The molecule has 1 heterocycles. The Morgan fingerprint density at radius 3 is 2.89 bits per heavy atom. The predicted molar refractivity (Wildman–Crippen MR) is 74.6 cm³/mol. The zero-order chi connectivity index (χ0) is 13.8. The van der Waals surface area contributed by atoms with Crippen molar-refractivity contribution in [2.75, 3.05) is 20.2 Å². The molecular formula is C15H23FN2O. The van der Waals surface area contributed by atoms with Crippen molar-refractivity contribution >= 4 is 0 Å². The van der Waals surface area contributed by atoms with Gasteiger partial charge >= 0.3 is 0 Å². The maximum atomic E-state index is 13.9. The van der Waals surface area contributed by atoms with Crippen LogP contribution in [0.15, 0.2) is 18.2 Å². The molecule has 2 unspecified atom stereocenters. The first-order chi connectivity index (χ1) is 9.13. The smallest absolute Gasteiger partial charge is 0.131 e. The van der Waals surface area contributed by atoms with Crippen LogP contribution in [-0.4, -0.2) is 31.1 Å². The lowest BCUT2D eigenvalue weighted by atomic mass is 9.90. The van der Waals surface area contributed by atoms with Crippen LogP contribution in [0.25, 0.3) is 0 Å². The van der Waals surface area contributed by atoms with Gasteiger partial charge in [-0.1, -0.05) is 19.4 Å². The molecule has 4 heteroatoms. The molecule has 0 aliphatic carbocycles. The van der Waals surface area contributed by atoms with E-state index in [0.29, 0.717) is 24.3 Å². The Balaban J connectivity index is 2.01. The van der Waals surface area contributed by atoms with Crippen LogP contribution in [0.3, 0.4) is 0 Å². The van der Waals surface area contributed by atoms with Crippen LogP contribution in [0.1, 0.15) is 25.3 Å². The molecule has 1 aromatic carbocycles. The van der Waals surface area contributed by atoms with Gasteiger partial charge in [0, 0.05) is 30.8 Å². The molecule has 1 aliphatic heterocycles. The fourth-order valence-electron chi connectivity index (χ4n) is 2.73. The van der Waals surface area contributed by atoms with E-state index in [-0.39, 0.29) is 5.82 Å². The van der Waals surface area contributed by atoms with Crippen molar-refractivity contribution < 1.29 is 9.13 Å². The molecule has 0 saturated carbocycles. The van der Waals surface area contributed by atoms with Gasteiger partial charge in [0.05, 0.1) is 7.11 Å². The first-order valence-electron chi connectivity index (χ1n) is 6.94. The predicted octanol–water partition coefficient (Wildman–Crippen LogP) is 2.39. The molecule has 2 rings (SSSR count). The molecule has 0 bridgehead atoms. The Hall–Kier alpha value is -1.13. The number of ether oxygens (including phenoxy) is 1. The summed E-state index contributed by atoms with van der Waals surface area (Å²) < 4.78 is 18.9. The summed E-state index contributed by atoms with van der Waals surface area (Å²) in [4.78, 5) is 2.29. The van der Waals surface area contributed by atoms with E-state index >= 15 is 0 Å². The Kier molecular flexibility index (Phi) is 4.77. The molecule has 1 fully saturated rings. The number of piperidine rings is 1. The second-order valence-electron chi connectivity index (χ2n) is 5.31. The van der Waals surface area contributed by atoms with E-state index in [1.807, 2.05) is 12.1 Å². The SMILES string of the molecule is CCC1CN(Cc2ccc(OC)cc2F)CCC1N. The maximum Gasteiger partial charge on any atom is 0.131 e. The minimum absolute atomic E-state index is 0.192. The van der Waals surface area contributed by atoms with Crippen molar-refractivity contribution in [1.29, 1.82) is 0 Å². The van der Waals surface area contributed by atoms with Crippen LogP contribution in [0.5, 0.6) is 5.75 Å². The monoisotopic (exact) mass is 266 g/mol.